The zero-order valence-corrected chi connectivity index (χ0v) is 19.0. The predicted molar refractivity (Wildman–Crippen MR) is 125 cm³/mol. The second kappa shape index (κ2) is 11.4. The summed E-state index contributed by atoms with van der Waals surface area (Å²) in [5.41, 5.74) is 1.82. The second-order valence-corrected chi connectivity index (χ2v) is 8.69. The van der Waals surface area contributed by atoms with Crippen LogP contribution in [-0.4, -0.2) is 72.6 Å². The number of halogens is 1. The van der Waals surface area contributed by atoms with E-state index >= 15 is 0 Å². The number of aliphatic imine (C=N–C) groups is 1. The number of guanidine groups is 1. The van der Waals surface area contributed by atoms with Gasteiger partial charge >= 0.3 is 0 Å². The number of piperidine rings is 1. The van der Waals surface area contributed by atoms with Gasteiger partial charge in [0, 0.05) is 58.0 Å². The van der Waals surface area contributed by atoms with Crippen molar-refractivity contribution in [1.29, 1.82) is 0 Å². The average Bonchev–Trinajstić information content (AvgIpc) is 3.48. The lowest BCUT2D eigenvalue weighted by Gasteiger charge is -2.34. The van der Waals surface area contributed by atoms with Crippen LogP contribution < -0.4 is 10.6 Å². The fourth-order valence-electron chi connectivity index (χ4n) is 4.38. The maximum absolute atomic E-state index is 13.1. The Labute approximate surface area is 190 Å². The number of nitrogens with one attached hydrogen (secondary N) is 2. The van der Waals surface area contributed by atoms with Crippen molar-refractivity contribution in [3.05, 3.63) is 48.0 Å². The number of aromatic nitrogens is 2. The standard InChI is InChI=1S/C24H35FN6O/c1-2-26-24(28-21-8-13-30(14-9-21)17-19-11-16-32-18-19)27-12-7-22-10-15-31(29-22)23-5-3-20(25)4-6-23/h3-6,10,15,19,21H,2,7-9,11-14,16-18H2,1H3,(H2,26,27,28). The van der Waals surface area contributed by atoms with Crippen molar-refractivity contribution in [2.24, 2.45) is 10.9 Å². The first kappa shape index (κ1) is 22.7. The summed E-state index contributed by atoms with van der Waals surface area (Å²) in [5.74, 6) is 1.35. The van der Waals surface area contributed by atoms with E-state index in [0.717, 1.165) is 69.5 Å². The molecule has 0 aliphatic carbocycles. The molecule has 1 aromatic heterocycles. The molecule has 4 rings (SSSR count). The molecular weight excluding hydrogens is 407 g/mol. The van der Waals surface area contributed by atoms with E-state index in [2.05, 4.69) is 27.6 Å². The van der Waals surface area contributed by atoms with Crippen LogP contribution in [0.15, 0.2) is 41.5 Å². The van der Waals surface area contributed by atoms with Crippen LogP contribution in [0.1, 0.15) is 31.9 Å². The van der Waals surface area contributed by atoms with E-state index in [0.29, 0.717) is 18.5 Å². The smallest absolute Gasteiger partial charge is 0.191 e. The summed E-state index contributed by atoms with van der Waals surface area (Å²) in [5, 5.41) is 11.6. The van der Waals surface area contributed by atoms with E-state index in [9.17, 15) is 4.39 Å². The van der Waals surface area contributed by atoms with E-state index in [-0.39, 0.29) is 5.82 Å². The molecule has 2 aliphatic heterocycles. The molecule has 3 heterocycles. The van der Waals surface area contributed by atoms with Gasteiger partial charge in [-0.3, -0.25) is 4.99 Å². The number of likely N-dealkylation sites (tertiary alicyclic amines) is 1. The molecule has 0 spiro atoms. The van der Waals surface area contributed by atoms with Crippen LogP contribution in [0.2, 0.25) is 0 Å². The van der Waals surface area contributed by atoms with Crippen LogP contribution in [0.25, 0.3) is 5.69 Å². The molecule has 1 atom stereocenters. The molecule has 174 valence electrons. The lowest BCUT2D eigenvalue weighted by molar-refractivity contribution is 0.150. The summed E-state index contributed by atoms with van der Waals surface area (Å²) in [6, 6.07) is 8.80. The fourth-order valence-corrected chi connectivity index (χ4v) is 4.38. The van der Waals surface area contributed by atoms with Gasteiger partial charge in [-0.25, -0.2) is 9.07 Å². The predicted octanol–water partition coefficient (Wildman–Crippen LogP) is 2.61. The Balaban J connectivity index is 1.23. The Kier molecular flexibility index (Phi) is 8.12. The van der Waals surface area contributed by atoms with Gasteiger partial charge < -0.3 is 20.3 Å². The third-order valence-electron chi connectivity index (χ3n) is 6.19. The van der Waals surface area contributed by atoms with Gasteiger partial charge in [0.1, 0.15) is 5.82 Å². The van der Waals surface area contributed by atoms with Gasteiger partial charge in [-0.1, -0.05) is 0 Å². The molecule has 0 radical (unpaired) electrons. The van der Waals surface area contributed by atoms with E-state index in [4.69, 9.17) is 9.73 Å². The van der Waals surface area contributed by atoms with Gasteiger partial charge in [-0.05, 0) is 62.4 Å². The molecule has 0 amide bonds. The summed E-state index contributed by atoms with van der Waals surface area (Å²) >= 11 is 0. The summed E-state index contributed by atoms with van der Waals surface area (Å²) < 4.78 is 20.4. The average molecular weight is 443 g/mol. The number of benzene rings is 1. The minimum absolute atomic E-state index is 0.243. The molecule has 7 nitrogen and oxygen atoms in total. The zero-order chi connectivity index (χ0) is 22.2. The van der Waals surface area contributed by atoms with Crippen molar-refractivity contribution >= 4 is 5.96 Å². The van der Waals surface area contributed by atoms with Crippen molar-refractivity contribution in [3.63, 3.8) is 0 Å². The fraction of sp³-hybridized carbons (Fsp3) is 0.583. The Morgan fingerprint density at radius 1 is 1.19 bits per heavy atom. The first-order chi connectivity index (χ1) is 15.7. The van der Waals surface area contributed by atoms with Gasteiger partial charge in [0.2, 0.25) is 0 Å². The summed E-state index contributed by atoms with van der Waals surface area (Å²) in [7, 11) is 0. The first-order valence-electron chi connectivity index (χ1n) is 11.8. The summed E-state index contributed by atoms with van der Waals surface area (Å²) in [6.07, 6.45) is 6.14. The SMILES string of the molecule is CCNC(=NCCc1ccn(-c2ccc(F)cc2)n1)NC1CCN(CC2CCOC2)CC1. The molecule has 32 heavy (non-hydrogen) atoms. The molecule has 2 saturated heterocycles. The summed E-state index contributed by atoms with van der Waals surface area (Å²) in [4.78, 5) is 7.35. The van der Waals surface area contributed by atoms with Crippen molar-refractivity contribution in [3.8, 4) is 5.69 Å². The third kappa shape index (κ3) is 6.53. The van der Waals surface area contributed by atoms with Gasteiger partial charge in [0.25, 0.3) is 0 Å². The Bertz CT molecular complexity index is 854. The minimum atomic E-state index is -0.243. The highest BCUT2D eigenvalue weighted by Gasteiger charge is 2.24. The number of ether oxygens (including phenoxy) is 1. The third-order valence-corrected chi connectivity index (χ3v) is 6.19. The molecule has 2 aromatic rings. The largest absolute Gasteiger partial charge is 0.381 e. The van der Waals surface area contributed by atoms with Crippen molar-refractivity contribution in [2.45, 2.75) is 38.6 Å². The van der Waals surface area contributed by atoms with Gasteiger partial charge in [-0.15, -0.1) is 0 Å². The molecule has 8 heteroatoms. The van der Waals surface area contributed by atoms with E-state index in [1.54, 1.807) is 16.8 Å². The number of rotatable bonds is 8. The van der Waals surface area contributed by atoms with Crippen LogP contribution >= 0.6 is 0 Å². The Hall–Kier alpha value is -2.45. The van der Waals surface area contributed by atoms with Gasteiger partial charge in [0.05, 0.1) is 18.0 Å². The van der Waals surface area contributed by atoms with Crippen LogP contribution in [0.3, 0.4) is 0 Å². The monoisotopic (exact) mass is 442 g/mol. The highest BCUT2D eigenvalue weighted by molar-refractivity contribution is 5.80. The molecule has 2 N–H and O–H groups in total. The van der Waals surface area contributed by atoms with Crippen molar-refractivity contribution in [2.75, 3.05) is 45.9 Å². The second-order valence-electron chi connectivity index (χ2n) is 8.69. The molecular formula is C24H35FN6O. The van der Waals surface area contributed by atoms with Gasteiger partial charge in [-0.2, -0.15) is 5.10 Å². The van der Waals surface area contributed by atoms with Crippen LogP contribution in [0.4, 0.5) is 4.39 Å². The maximum Gasteiger partial charge on any atom is 0.191 e. The maximum atomic E-state index is 13.1. The molecule has 2 aliphatic rings. The van der Waals surface area contributed by atoms with Crippen LogP contribution in [0.5, 0.6) is 0 Å². The minimum Gasteiger partial charge on any atom is -0.381 e. The lowest BCUT2D eigenvalue weighted by Crippen LogP contribution is -2.49. The highest BCUT2D eigenvalue weighted by atomic mass is 19.1. The highest BCUT2D eigenvalue weighted by Crippen LogP contribution is 2.17. The van der Waals surface area contributed by atoms with E-state index in [1.807, 2.05) is 12.3 Å². The van der Waals surface area contributed by atoms with E-state index < -0.39 is 0 Å². The van der Waals surface area contributed by atoms with Crippen LogP contribution in [0, 0.1) is 11.7 Å². The first-order valence-corrected chi connectivity index (χ1v) is 11.8. The molecule has 1 aromatic carbocycles. The quantitative estimate of drug-likeness (QED) is 0.486. The van der Waals surface area contributed by atoms with Gasteiger partial charge in [0.15, 0.2) is 5.96 Å². The molecule has 0 bridgehead atoms. The number of hydrogen-bond donors (Lipinski definition) is 2. The molecule has 2 fully saturated rings. The molecule has 0 saturated carbocycles. The Morgan fingerprint density at radius 3 is 2.72 bits per heavy atom. The Morgan fingerprint density at radius 2 is 2.00 bits per heavy atom. The topological polar surface area (TPSA) is 66.7 Å². The summed E-state index contributed by atoms with van der Waals surface area (Å²) in [6.45, 7) is 8.89. The van der Waals surface area contributed by atoms with Crippen molar-refractivity contribution in [1.82, 2.24) is 25.3 Å². The van der Waals surface area contributed by atoms with Crippen LogP contribution in [-0.2, 0) is 11.2 Å². The lowest BCUT2D eigenvalue weighted by atomic mass is 10.0. The normalized spacial score (nSPS) is 20.6. The zero-order valence-electron chi connectivity index (χ0n) is 19.0. The molecule has 1 unspecified atom stereocenters. The van der Waals surface area contributed by atoms with Crippen molar-refractivity contribution < 1.29 is 9.13 Å². The number of hydrogen-bond acceptors (Lipinski definition) is 4. The van der Waals surface area contributed by atoms with E-state index in [1.165, 1.54) is 25.1 Å². The number of nitrogens with zero attached hydrogens (tertiary/aromatic N) is 4.